The van der Waals surface area contributed by atoms with Crippen molar-refractivity contribution in [2.24, 2.45) is 11.8 Å². The van der Waals surface area contributed by atoms with E-state index in [9.17, 15) is 19.2 Å². The minimum atomic E-state index is -0.915. The normalized spacial score (nSPS) is 16.2. The summed E-state index contributed by atoms with van der Waals surface area (Å²) in [6.45, 7) is 6.75. The molecule has 11 nitrogen and oxygen atoms in total. The molecule has 2 unspecified atom stereocenters. The van der Waals surface area contributed by atoms with E-state index >= 15 is 0 Å². The van der Waals surface area contributed by atoms with E-state index in [1.807, 2.05) is 0 Å². The number of fused-ring (bicyclic) bond motifs is 1. The summed E-state index contributed by atoms with van der Waals surface area (Å²) in [4.78, 5) is 50.0. The summed E-state index contributed by atoms with van der Waals surface area (Å²) in [6, 6.07) is 5.16. The molecule has 2 atom stereocenters. The molecule has 11 heteroatoms. The van der Waals surface area contributed by atoms with E-state index in [2.05, 4.69) is 12.2 Å². The van der Waals surface area contributed by atoms with Gasteiger partial charge < -0.3 is 34.8 Å². The molecule has 0 aliphatic heterocycles. The lowest BCUT2D eigenvalue weighted by molar-refractivity contribution is -0.138. The highest BCUT2D eigenvalue weighted by molar-refractivity contribution is 6.38. The zero-order chi connectivity index (χ0) is 31.2. The number of carboxylic acids is 1. The Hall–Kier alpha value is -3.25. The van der Waals surface area contributed by atoms with Gasteiger partial charge in [-0.05, 0) is 52.0 Å². The molecule has 0 bridgehead atoms. The van der Waals surface area contributed by atoms with Crippen LogP contribution >= 0.6 is 0 Å². The number of carboxylic acid groups (broad SMARTS) is 1. The second-order valence-corrected chi connectivity index (χ2v) is 10.9. The summed E-state index contributed by atoms with van der Waals surface area (Å²) >= 11 is 0. The van der Waals surface area contributed by atoms with Crippen LogP contribution in [-0.4, -0.2) is 93.5 Å². The van der Waals surface area contributed by atoms with E-state index in [1.165, 1.54) is 18.1 Å². The van der Waals surface area contributed by atoms with Crippen molar-refractivity contribution in [1.82, 2.24) is 0 Å². The number of hydrogen-bond acceptors (Lipinski definition) is 10. The molecule has 2 aliphatic carbocycles. The summed E-state index contributed by atoms with van der Waals surface area (Å²) in [7, 11) is 0. The van der Waals surface area contributed by atoms with Gasteiger partial charge in [0.15, 0.2) is 17.3 Å². The molecule has 0 aromatic heterocycles. The summed E-state index contributed by atoms with van der Waals surface area (Å²) in [6.07, 6.45) is 3.56. The quantitative estimate of drug-likeness (QED) is 0.0720. The number of benzene rings is 1. The number of ether oxygens (including phenoxy) is 4. The Morgan fingerprint density at radius 2 is 1.51 bits per heavy atom. The maximum absolute atomic E-state index is 13.5. The molecule has 0 radical (unpaired) electrons. The molecular formula is C32H44N2O9. The van der Waals surface area contributed by atoms with Crippen LogP contribution in [-0.2, 0) is 28.5 Å². The molecule has 1 aromatic carbocycles. The molecule has 1 saturated carbocycles. The number of rotatable bonds is 23. The van der Waals surface area contributed by atoms with Gasteiger partial charge in [0.25, 0.3) is 0 Å². The van der Waals surface area contributed by atoms with Crippen LogP contribution in [0.5, 0.6) is 0 Å². The van der Waals surface area contributed by atoms with Crippen molar-refractivity contribution in [3.05, 3.63) is 40.5 Å². The molecule has 2 aliphatic rings. The minimum absolute atomic E-state index is 0.0285. The Morgan fingerprint density at radius 3 is 2.09 bits per heavy atom. The molecule has 3 N–H and O–H groups in total. The molecule has 0 saturated heterocycles. The molecule has 1 aromatic rings. The third-order valence-electron chi connectivity index (χ3n) is 7.58. The van der Waals surface area contributed by atoms with Crippen LogP contribution in [0.2, 0.25) is 0 Å². The van der Waals surface area contributed by atoms with Gasteiger partial charge in [-0.1, -0.05) is 23.3 Å². The van der Waals surface area contributed by atoms with Gasteiger partial charge in [0.05, 0.1) is 76.5 Å². The average molecular weight is 601 g/mol. The Bertz CT molecular complexity index is 1190. The van der Waals surface area contributed by atoms with Crippen molar-refractivity contribution in [2.45, 2.75) is 52.4 Å². The average Bonchev–Trinajstić information content (AvgIpc) is 3.80. The van der Waals surface area contributed by atoms with E-state index in [1.54, 1.807) is 18.2 Å². The molecule has 0 spiro atoms. The van der Waals surface area contributed by atoms with Crippen LogP contribution in [0.1, 0.15) is 73.1 Å². The smallest absolute Gasteiger partial charge is 0.305 e. The largest absolute Gasteiger partial charge is 0.481 e. The van der Waals surface area contributed by atoms with E-state index in [0.717, 1.165) is 19.3 Å². The number of Topliss-reactive ketones (excluding diaryl/α,β-unsaturated/α-hetero) is 3. The molecule has 0 heterocycles. The van der Waals surface area contributed by atoms with Crippen LogP contribution in [0.15, 0.2) is 29.3 Å². The molecule has 0 amide bonds. The van der Waals surface area contributed by atoms with Gasteiger partial charge in [0, 0.05) is 23.7 Å². The van der Waals surface area contributed by atoms with E-state index < -0.39 is 17.8 Å². The molecule has 43 heavy (non-hydrogen) atoms. The zero-order valence-electron chi connectivity index (χ0n) is 25.2. The van der Waals surface area contributed by atoms with Crippen LogP contribution < -0.4 is 5.32 Å². The number of carbonyl (C=O) groups is 4. The molecular weight excluding hydrogens is 556 g/mol. The molecule has 1 fully saturated rings. The summed E-state index contributed by atoms with van der Waals surface area (Å²) < 4.78 is 21.5. The fraction of sp³-hybridized carbons (Fsp3) is 0.594. The molecule has 236 valence electrons. The minimum Gasteiger partial charge on any atom is -0.481 e. The van der Waals surface area contributed by atoms with Crippen molar-refractivity contribution in [3.8, 4) is 0 Å². The van der Waals surface area contributed by atoms with Crippen molar-refractivity contribution >= 4 is 34.7 Å². The van der Waals surface area contributed by atoms with Gasteiger partial charge in [0.1, 0.15) is 0 Å². The predicted molar refractivity (Wildman–Crippen MR) is 160 cm³/mol. The van der Waals surface area contributed by atoms with Crippen LogP contribution in [0.4, 0.5) is 5.69 Å². The zero-order valence-corrected chi connectivity index (χ0v) is 25.2. The monoisotopic (exact) mass is 600 g/mol. The topological polar surface area (TPSA) is 161 Å². The second-order valence-electron chi connectivity index (χ2n) is 10.9. The fourth-order valence-electron chi connectivity index (χ4n) is 5.05. The summed E-state index contributed by atoms with van der Waals surface area (Å²) in [5.41, 5.74) is 3.96. The highest BCUT2D eigenvalue weighted by Gasteiger charge is 2.42. The lowest BCUT2D eigenvalue weighted by Gasteiger charge is -2.18. The third-order valence-corrected chi connectivity index (χ3v) is 7.58. The van der Waals surface area contributed by atoms with Gasteiger partial charge in [-0.2, -0.15) is 0 Å². The Kier molecular flexibility index (Phi) is 14.1. The van der Waals surface area contributed by atoms with Crippen LogP contribution in [0, 0.1) is 17.2 Å². The number of carbonyl (C=O) groups excluding carboxylic acids is 3. The van der Waals surface area contributed by atoms with Gasteiger partial charge in [-0.25, -0.2) is 0 Å². The number of hydrogen-bond donors (Lipinski definition) is 3. The second kappa shape index (κ2) is 17.8. The van der Waals surface area contributed by atoms with Gasteiger partial charge in [0.2, 0.25) is 0 Å². The van der Waals surface area contributed by atoms with Crippen LogP contribution in [0.25, 0.3) is 0 Å². The van der Waals surface area contributed by atoms with E-state index in [0.29, 0.717) is 76.0 Å². The lowest BCUT2D eigenvalue weighted by Crippen LogP contribution is -2.27. The maximum atomic E-state index is 13.5. The highest BCUT2D eigenvalue weighted by atomic mass is 16.6. The number of aliphatic carboxylic acids is 1. The van der Waals surface area contributed by atoms with Gasteiger partial charge in [-0.3, -0.25) is 19.2 Å². The number of allylic oxidation sites excluding steroid dienone is 2. The molecule has 3 rings (SSSR count). The van der Waals surface area contributed by atoms with Crippen molar-refractivity contribution in [1.29, 1.82) is 5.41 Å². The fourth-order valence-corrected chi connectivity index (χ4v) is 5.05. The predicted octanol–water partition coefficient (Wildman–Crippen LogP) is 4.14. The van der Waals surface area contributed by atoms with E-state index in [4.69, 9.17) is 29.5 Å². The summed E-state index contributed by atoms with van der Waals surface area (Å²) in [5, 5.41) is 19.6. The van der Waals surface area contributed by atoms with Crippen LogP contribution in [0.3, 0.4) is 0 Å². The standard InChI is InChI=1S/C32H44N2O9/c1-21(23-8-9-23)6-7-24(30(37)22(2)33)20-26-31(38)25-4-3-5-27(29(25)32(26)39)34-11-13-41-15-17-43-19-18-42-16-14-40-12-10-28(35)36/h3-5,24,26,33-34H,6-20H2,1-2H3,(H,35,36). The highest BCUT2D eigenvalue weighted by Crippen LogP contribution is 2.38. The first-order chi connectivity index (χ1) is 20.7. The van der Waals surface area contributed by atoms with Crippen molar-refractivity contribution < 1.29 is 43.2 Å². The number of anilines is 1. The Labute approximate surface area is 252 Å². The number of nitrogens with one attached hydrogen (secondary N) is 2. The van der Waals surface area contributed by atoms with Crippen molar-refractivity contribution in [3.63, 3.8) is 0 Å². The Morgan fingerprint density at radius 1 is 0.907 bits per heavy atom. The first kappa shape index (κ1) is 34.2. The SMILES string of the molecule is CC(=N)C(=O)C(CCC(C)=C1CC1)CC1C(=O)c2cccc(NCCOCCOCCOCCOCCC(=O)O)c2C1=O. The summed E-state index contributed by atoms with van der Waals surface area (Å²) in [5.74, 6) is -3.18. The number of ketones is 3. The first-order valence-corrected chi connectivity index (χ1v) is 15.0. The Balaban J connectivity index is 1.37. The van der Waals surface area contributed by atoms with E-state index in [-0.39, 0.29) is 42.5 Å². The third kappa shape index (κ3) is 11.1. The first-order valence-electron chi connectivity index (χ1n) is 15.0. The van der Waals surface area contributed by atoms with Gasteiger partial charge >= 0.3 is 5.97 Å². The lowest BCUT2D eigenvalue weighted by atomic mass is 9.83. The van der Waals surface area contributed by atoms with Gasteiger partial charge in [-0.15, -0.1) is 0 Å². The maximum Gasteiger partial charge on any atom is 0.305 e. The van der Waals surface area contributed by atoms with Crippen molar-refractivity contribution in [2.75, 3.05) is 64.7 Å².